The molecule has 5 nitrogen and oxygen atoms in total. The van der Waals surface area contributed by atoms with Crippen molar-refractivity contribution in [2.75, 3.05) is 13.1 Å². The van der Waals surface area contributed by atoms with Gasteiger partial charge in [-0.05, 0) is 37.1 Å². The number of thiophene rings is 1. The first-order chi connectivity index (χ1) is 11.0. The van der Waals surface area contributed by atoms with Crippen molar-refractivity contribution in [2.24, 2.45) is 5.92 Å². The van der Waals surface area contributed by atoms with Crippen molar-refractivity contribution in [3.8, 4) is 0 Å². The number of aliphatic hydroxyl groups is 1. The third kappa shape index (κ3) is 3.54. The van der Waals surface area contributed by atoms with Crippen LogP contribution in [0.5, 0.6) is 0 Å². The molecule has 0 bridgehead atoms. The van der Waals surface area contributed by atoms with Gasteiger partial charge in [0.25, 0.3) is 5.91 Å². The fourth-order valence-corrected chi connectivity index (χ4v) is 3.78. The van der Waals surface area contributed by atoms with E-state index in [0.717, 1.165) is 17.7 Å². The Hall–Kier alpha value is -1.92. The van der Waals surface area contributed by atoms with E-state index in [-0.39, 0.29) is 23.0 Å². The van der Waals surface area contributed by atoms with Crippen LogP contribution in [0.3, 0.4) is 0 Å². The molecule has 0 spiro atoms. The lowest BCUT2D eigenvalue weighted by atomic mass is 9.90. The predicted molar refractivity (Wildman–Crippen MR) is 87.6 cm³/mol. The number of rotatable bonds is 3. The molecule has 1 unspecified atom stereocenters. The molecule has 0 aromatic carbocycles. The van der Waals surface area contributed by atoms with Gasteiger partial charge in [-0.1, -0.05) is 6.07 Å². The van der Waals surface area contributed by atoms with Crippen molar-refractivity contribution in [1.29, 1.82) is 0 Å². The van der Waals surface area contributed by atoms with E-state index in [1.54, 1.807) is 23.2 Å². The van der Waals surface area contributed by atoms with Crippen LogP contribution >= 0.6 is 11.3 Å². The minimum absolute atomic E-state index is 0.0901. The van der Waals surface area contributed by atoms with Crippen LogP contribution in [0.25, 0.3) is 0 Å². The van der Waals surface area contributed by atoms with Gasteiger partial charge in [0, 0.05) is 30.1 Å². The molecule has 1 N–H and O–H groups in total. The summed E-state index contributed by atoms with van der Waals surface area (Å²) in [5.74, 6) is 0.424. The molecule has 0 radical (unpaired) electrons. The fraction of sp³-hybridized carbons (Fsp3) is 0.412. The summed E-state index contributed by atoms with van der Waals surface area (Å²) >= 11 is 1.55. The van der Waals surface area contributed by atoms with E-state index in [1.165, 1.54) is 12.1 Å². The third-order valence-corrected chi connectivity index (χ3v) is 5.15. The first-order valence-corrected chi connectivity index (χ1v) is 8.55. The highest BCUT2D eigenvalue weighted by Crippen LogP contribution is 2.33. The predicted octanol–water partition coefficient (Wildman–Crippen LogP) is 2.60. The minimum atomic E-state index is -0.468. The molecule has 1 atom stereocenters. The molecule has 1 amide bonds. The fourth-order valence-electron chi connectivity index (χ4n) is 2.97. The molecule has 3 heterocycles. The van der Waals surface area contributed by atoms with Gasteiger partial charge in [-0.2, -0.15) is 0 Å². The average Bonchev–Trinajstić information content (AvgIpc) is 3.07. The van der Waals surface area contributed by atoms with Gasteiger partial charge in [-0.25, -0.2) is 0 Å². The Morgan fingerprint density at radius 1 is 1.39 bits per heavy atom. The summed E-state index contributed by atoms with van der Waals surface area (Å²) < 4.78 is 5.37. The van der Waals surface area contributed by atoms with Gasteiger partial charge >= 0.3 is 0 Å². The number of aryl methyl sites for hydroxylation is 1. The molecule has 0 aliphatic carbocycles. The second-order valence-electron chi connectivity index (χ2n) is 5.86. The van der Waals surface area contributed by atoms with Crippen molar-refractivity contribution in [3.63, 3.8) is 0 Å². The molecule has 0 saturated carbocycles. The van der Waals surface area contributed by atoms with Gasteiger partial charge in [-0.3, -0.25) is 9.59 Å². The molecule has 122 valence electrons. The zero-order valence-corrected chi connectivity index (χ0v) is 13.7. The molecule has 2 aromatic rings. The van der Waals surface area contributed by atoms with Crippen molar-refractivity contribution in [1.82, 2.24) is 4.90 Å². The Labute approximate surface area is 138 Å². The monoisotopic (exact) mass is 333 g/mol. The highest BCUT2D eigenvalue weighted by Gasteiger charge is 2.30. The van der Waals surface area contributed by atoms with Crippen molar-refractivity contribution >= 4 is 17.2 Å². The topological polar surface area (TPSA) is 70.8 Å². The maximum absolute atomic E-state index is 12.4. The zero-order valence-electron chi connectivity index (χ0n) is 12.9. The number of nitrogens with zero attached hydrogens (tertiary/aromatic N) is 1. The number of carbonyl (C=O) groups excluding carboxylic acids is 1. The van der Waals surface area contributed by atoms with Crippen LogP contribution in [0.15, 0.2) is 38.9 Å². The Bertz CT molecular complexity index is 729. The molecule has 1 aliphatic heterocycles. The van der Waals surface area contributed by atoms with Crippen molar-refractivity contribution in [3.05, 3.63) is 56.3 Å². The van der Waals surface area contributed by atoms with Gasteiger partial charge < -0.3 is 14.4 Å². The minimum Gasteiger partial charge on any atom is -0.456 e. The lowest BCUT2D eigenvalue weighted by Gasteiger charge is -2.33. The first kappa shape index (κ1) is 16.0. The normalized spacial score (nSPS) is 17.2. The molecule has 1 aliphatic rings. The smallest absolute Gasteiger partial charge is 0.289 e. The number of hydrogen-bond donors (Lipinski definition) is 1. The quantitative estimate of drug-likeness (QED) is 0.937. The number of carbonyl (C=O) groups is 1. The second-order valence-corrected chi connectivity index (χ2v) is 6.84. The van der Waals surface area contributed by atoms with Crippen LogP contribution in [0, 0.1) is 12.8 Å². The highest BCUT2D eigenvalue weighted by molar-refractivity contribution is 7.10. The molecular formula is C17H19NO4S. The average molecular weight is 333 g/mol. The number of piperidine rings is 1. The lowest BCUT2D eigenvalue weighted by molar-refractivity contribution is 0.0451. The summed E-state index contributed by atoms with van der Waals surface area (Å²) in [5, 5.41) is 12.4. The number of aliphatic hydroxyl groups excluding tert-OH is 1. The van der Waals surface area contributed by atoms with Gasteiger partial charge in [0.05, 0.1) is 6.10 Å². The van der Waals surface area contributed by atoms with E-state index in [2.05, 4.69) is 0 Å². The van der Waals surface area contributed by atoms with Crippen LogP contribution < -0.4 is 5.43 Å². The molecule has 1 saturated heterocycles. The zero-order chi connectivity index (χ0) is 16.4. The molecular weight excluding hydrogens is 314 g/mol. The van der Waals surface area contributed by atoms with Gasteiger partial charge in [0.1, 0.15) is 5.76 Å². The summed E-state index contributed by atoms with van der Waals surface area (Å²) in [4.78, 5) is 26.6. The first-order valence-electron chi connectivity index (χ1n) is 7.67. The maximum atomic E-state index is 12.4. The van der Waals surface area contributed by atoms with Crippen LogP contribution in [-0.4, -0.2) is 29.0 Å². The van der Waals surface area contributed by atoms with E-state index in [9.17, 15) is 14.7 Å². The Morgan fingerprint density at radius 3 is 2.74 bits per heavy atom. The van der Waals surface area contributed by atoms with Gasteiger partial charge in [0.15, 0.2) is 11.2 Å². The largest absolute Gasteiger partial charge is 0.456 e. The van der Waals surface area contributed by atoms with E-state index >= 15 is 0 Å². The van der Waals surface area contributed by atoms with Crippen LogP contribution in [0.4, 0.5) is 0 Å². The van der Waals surface area contributed by atoms with E-state index in [0.29, 0.717) is 18.8 Å². The van der Waals surface area contributed by atoms with E-state index in [1.807, 2.05) is 17.5 Å². The molecule has 2 aromatic heterocycles. The number of hydrogen-bond acceptors (Lipinski definition) is 5. The summed E-state index contributed by atoms with van der Waals surface area (Å²) in [6.45, 7) is 2.77. The summed E-state index contributed by atoms with van der Waals surface area (Å²) in [7, 11) is 0. The highest BCUT2D eigenvalue weighted by atomic mass is 32.1. The SMILES string of the molecule is Cc1cc(=O)cc(C(=O)N2CCC(C(O)c3cccs3)CC2)o1. The van der Waals surface area contributed by atoms with Crippen LogP contribution in [-0.2, 0) is 0 Å². The summed E-state index contributed by atoms with van der Waals surface area (Å²) in [6.07, 6.45) is 1.01. The van der Waals surface area contributed by atoms with Crippen LogP contribution in [0.1, 0.15) is 40.1 Å². The standard InChI is InChI=1S/C17H19NO4S/c1-11-9-13(19)10-14(22-11)17(21)18-6-4-12(5-7-18)16(20)15-3-2-8-23-15/h2-3,8-10,12,16,20H,4-7H2,1H3. The maximum Gasteiger partial charge on any atom is 0.289 e. The van der Waals surface area contributed by atoms with Crippen molar-refractivity contribution in [2.45, 2.75) is 25.9 Å². The Kier molecular flexibility index (Phi) is 4.63. The van der Waals surface area contributed by atoms with Gasteiger partial charge in [-0.15, -0.1) is 11.3 Å². The Morgan fingerprint density at radius 2 is 2.13 bits per heavy atom. The number of likely N-dealkylation sites (tertiary alicyclic amines) is 1. The van der Waals surface area contributed by atoms with E-state index < -0.39 is 6.10 Å². The molecule has 3 rings (SSSR count). The third-order valence-electron chi connectivity index (χ3n) is 4.21. The molecule has 23 heavy (non-hydrogen) atoms. The summed E-state index contributed by atoms with van der Waals surface area (Å²) in [6, 6.07) is 6.47. The van der Waals surface area contributed by atoms with Gasteiger partial charge in [0.2, 0.25) is 0 Å². The Balaban J connectivity index is 1.64. The molecule has 1 fully saturated rings. The lowest BCUT2D eigenvalue weighted by Crippen LogP contribution is -2.40. The van der Waals surface area contributed by atoms with E-state index in [4.69, 9.17) is 4.42 Å². The second kappa shape index (κ2) is 6.68. The summed E-state index contributed by atoms with van der Waals surface area (Å²) in [5.41, 5.74) is -0.222. The molecule has 6 heteroatoms. The van der Waals surface area contributed by atoms with Crippen molar-refractivity contribution < 1.29 is 14.3 Å². The van der Waals surface area contributed by atoms with Crippen LogP contribution in [0.2, 0.25) is 0 Å². The number of amides is 1.